The molecule has 0 saturated carbocycles. The molecule has 32 heavy (non-hydrogen) atoms. The van der Waals surface area contributed by atoms with E-state index in [-0.39, 0.29) is 5.91 Å². The van der Waals surface area contributed by atoms with Crippen LogP contribution in [-0.2, 0) is 19.4 Å². The van der Waals surface area contributed by atoms with Crippen molar-refractivity contribution in [1.82, 2.24) is 0 Å². The van der Waals surface area contributed by atoms with Gasteiger partial charge < -0.3 is 24.8 Å². The number of thiophene rings is 1. The second-order valence-electron chi connectivity index (χ2n) is 7.37. The first-order chi connectivity index (χ1) is 15.5. The molecule has 0 fully saturated rings. The lowest BCUT2D eigenvalue weighted by molar-refractivity contribution is 0.102. The Bertz CT molecular complexity index is 1150. The van der Waals surface area contributed by atoms with E-state index >= 15 is 0 Å². The zero-order valence-corrected chi connectivity index (χ0v) is 19.8. The highest BCUT2D eigenvalue weighted by Gasteiger charge is 2.27. The fourth-order valence-corrected chi connectivity index (χ4v) is 5.45. The number of benzene rings is 2. The summed E-state index contributed by atoms with van der Waals surface area (Å²) in [5.74, 6) is 1.74. The van der Waals surface area contributed by atoms with Crippen molar-refractivity contribution in [3.63, 3.8) is 0 Å². The molecule has 1 aromatic heterocycles. The zero-order valence-electron chi connectivity index (χ0n) is 18.2. The number of rotatable bonds is 8. The molecule has 0 radical (unpaired) electrons. The Hall–Kier alpha value is -2.90. The summed E-state index contributed by atoms with van der Waals surface area (Å²) < 4.78 is 16.3. The molecule has 2 aromatic carbocycles. The lowest BCUT2D eigenvalue weighted by Crippen LogP contribution is -2.16. The Balaban J connectivity index is 1.62. The fourth-order valence-electron chi connectivity index (χ4n) is 4.00. The average Bonchev–Trinajstić information content (AvgIpc) is 3.38. The summed E-state index contributed by atoms with van der Waals surface area (Å²) in [6.45, 7) is 0.501. The van der Waals surface area contributed by atoms with Gasteiger partial charge in [-0.3, -0.25) is 4.79 Å². The second-order valence-corrected chi connectivity index (χ2v) is 8.91. The van der Waals surface area contributed by atoms with E-state index in [9.17, 15) is 4.79 Å². The van der Waals surface area contributed by atoms with Crippen LogP contribution < -0.4 is 24.8 Å². The normalized spacial score (nSPS) is 12.2. The molecule has 0 saturated heterocycles. The first-order valence-corrected chi connectivity index (χ1v) is 11.5. The molecule has 6 nitrogen and oxygen atoms in total. The van der Waals surface area contributed by atoms with Crippen molar-refractivity contribution < 1.29 is 19.0 Å². The van der Waals surface area contributed by atoms with E-state index in [1.807, 2.05) is 18.2 Å². The highest BCUT2D eigenvalue weighted by Crippen LogP contribution is 2.41. The molecule has 1 heterocycles. The first-order valence-electron chi connectivity index (χ1n) is 10.3. The molecule has 0 bridgehead atoms. The molecule has 0 atom stereocenters. The van der Waals surface area contributed by atoms with E-state index in [4.69, 9.17) is 25.8 Å². The van der Waals surface area contributed by atoms with Crippen molar-refractivity contribution in [3.8, 4) is 17.2 Å². The third kappa shape index (κ3) is 4.36. The summed E-state index contributed by atoms with van der Waals surface area (Å²) in [5.41, 5.74) is 3.30. The number of hydrogen-bond acceptors (Lipinski definition) is 6. The van der Waals surface area contributed by atoms with Crippen LogP contribution in [0.15, 0.2) is 36.4 Å². The lowest BCUT2D eigenvalue weighted by atomic mass is 10.1. The van der Waals surface area contributed by atoms with Crippen molar-refractivity contribution in [2.75, 3.05) is 32.0 Å². The summed E-state index contributed by atoms with van der Waals surface area (Å²) in [7, 11) is 4.80. The highest BCUT2D eigenvalue weighted by atomic mass is 35.5. The van der Waals surface area contributed by atoms with E-state index < -0.39 is 0 Å². The molecule has 4 rings (SSSR count). The third-order valence-electron chi connectivity index (χ3n) is 5.48. The third-order valence-corrected chi connectivity index (χ3v) is 6.97. The van der Waals surface area contributed by atoms with Gasteiger partial charge in [0, 0.05) is 22.0 Å². The van der Waals surface area contributed by atoms with Crippen LogP contribution in [0.3, 0.4) is 0 Å². The summed E-state index contributed by atoms with van der Waals surface area (Å²) in [4.78, 5) is 14.6. The molecule has 8 heteroatoms. The van der Waals surface area contributed by atoms with Crippen LogP contribution in [0.25, 0.3) is 0 Å². The van der Waals surface area contributed by atoms with Gasteiger partial charge in [-0.2, -0.15) is 0 Å². The first kappa shape index (κ1) is 22.3. The van der Waals surface area contributed by atoms with Gasteiger partial charge in [-0.25, -0.2) is 0 Å². The molecule has 0 aliphatic heterocycles. The molecule has 1 amide bonds. The Morgan fingerprint density at radius 1 is 1.06 bits per heavy atom. The summed E-state index contributed by atoms with van der Waals surface area (Å²) >= 11 is 7.78. The lowest BCUT2D eigenvalue weighted by Gasteiger charge is -2.15. The van der Waals surface area contributed by atoms with Gasteiger partial charge in [0.05, 0.1) is 32.6 Å². The second kappa shape index (κ2) is 9.71. The quantitative estimate of drug-likeness (QED) is 0.435. The summed E-state index contributed by atoms with van der Waals surface area (Å²) in [5, 5.41) is 7.82. The number of amides is 1. The van der Waals surface area contributed by atoms with Gasteiger partial charge in [-0.05, 0) is 49.1 Å². The van der Waals surface area contributed by atoms with Crippen molar-refractivity contribution in [2.24, 2.45) is 0 Å². The van der Waals surface area contributed by atoms with Crippen LogP contribution in [0.1, 0.15) is 32.8 Å². The monoisotopic (exact) mass is 472 g/mol. The van der Waals surface area contributed by atoms with Crippen LogP contribution in [0.2, 0.25) is 5.02 Å². The number of carbonyl (C=O) groups is 1. The largest absolute Gasteiger partial charge is 0.495 e. The van der Waals surface area contributed by atoms with Gasteiger partial charge >= 0.3 is 0 Å². The number of methoxy groups -OCH3 is 3. The topological polar surface area (TPSA) is 68.8 Å². The molecule has 168 valence electrons. The minimum Gasteiger partial charge on any atom is -0.495 e. The Labute approximate surface area is 196 Å². The summed E-state index contributed by atoms with van der Waals surface area (Å²) in [6.07, 6.45) is 2.95. The van der Waals surface area contributed by atoms with Gasteiger partial charge in [-0.1, -0.05) is 23.7 Å². The Morgan fingerprint density at radius 3 is 2.62 bits per heavy atom. The van der Waals surface area contributed by atoms with Crippen LogP contribution in [0.5, 0.6) is 17.2 Å². The minimum absolute atomic E-state index is 0.176. The maximum absolute atomic E-state index is 13.4. The van der Waals surface area contributed by atoms with Crippen LogP contribution in [-0.4, -0.2) is 27.2 Å². The van der Waals surface area contributed by atoms with Gasteiger partial charge in [0.25, 0.3) is 5.91 Å². The van der Waals surface area contributed by atoms with E-state index in [2.05, 4.69) is 10.6 Å². The maximum Gasteiger partial charge on any atom is 0.259 e. The van der Waals surface area contributed by atoms with Gasteiger partial charge in [-0.15, -0.1) is 11.3 Å². The number of hydrogen-bond donors (Lipinski definition) is 2. The number of halogens is 1. The molecule has 1 aliphatic carbocycles. The number of carbonyl (C=O) groups excluding carboxylic acids is 1. The van der Waals surface area contributed by atoms with Crippen LogP contribution >= 0.6 is 22.9 Å². The number of fused-ring (bicyclic) bond motifs is 1. The maximum atomic E-state index is 13.4. The summed E-state index contributed by atoms with van der Waals surface area (Å²) in [6, 6.07) is 10.9. The van der Waals surface area contributed by atoms with Crippen molar-refractivity contribution in [2.45, 2.75) is 25.8 Å². The molecule has 3 aromatic rings. The van der Waals surface area contributed by atoms with Crippen LogP contribution in [0.4, 0.5) is 10.7 Å². The zero-order chi connectivity index (χ0) is 22.7. The molecule has 1 aliphatic rings. The van der Waals surface area contributed by atoms with Gasteiger partial charge in [0.15, 0.2) is 11.5 Å². The fraction of sp³-hybridized carbons (Fsp3) is 0.292. The number of ether oxygens (including phenoxy) is 3. The molecular weight excluding hydrogens is 448 g/mol. The van der Waals surface area contributed by atoms with Crippen molar-refractivity contribution in [3.05, 3.63) is 63.0 Å². The average molecular weight is 473 g/mol. The van der Waals surface area contributed by atoms with Crippen LogP contribution in [0, 0.1) is 0 Å². The van der Waals surface area contributed by atoms with E-state index in [1.165, 1.54) is 4.88 Å². The van der Waals surface area contributed by atoms with Crippen molar-refractivity contribution in [1.29, 1.82) is 0 Å². The Morgan fingerprint density at radius 2 is 1.88 bits per heavy atom. The number of nitrogens with one attached hydrogen (secondary N) is 2. The molecular formula is C24H25ClN2O4S. The number of para-hydroxylation sites is 1. The number of aryl methyl sites for hydroxylation is 1. The SMILES string of the molecule is COc1ccc(Cl)cc1NC(=O)c1c(NCc2cccc(OC)c2OC)sc2c1CCC2. The predicted molar refractivity (Wildman–Crippen MR) is 129 cm³/mol. The predicted octanol–water partition coefficient (Wildman–Crippen LogP) is 5.78. The van der Waals surface area contributed by atoms with Crippen molar-refractivity contribution >= 4 is 39.5 Å². The van der Waals surface area contributed by atoms with E-state index in [0.29, 0.717) is 40.1 Å². The molecule has 0 unspecified atom stereocenters. The standard InChI is InChI=1S/C24H25ClN2O4S/c1-29-18-11-10-15(25)12-17(18)27-23(28)21-16-7-5-9-20(16)32-24(21)26-13-14-6-4-8-19(30-2)22(14)31-3/h4,6,8,10-12,26H,5,7,9,13H2,1-3H3,(H,27,28). The highest BCUT2D eigenvalue weighted by molar-refractivity contribution is 7.16. The molecule has 2 N–H and O–H groups in total. The van der Waals surface area contributed by atoms with E-state index in [0.717, 1.165) is 35.4 Å². The Kier molecular flexibility index (Phi) is 6.77. The molecule has 0 spiro atoms. The van der Waals surface area contributed by atoms with Gasteiger partial charge in [0.1, 0.15) is 10.8 Å². The number of anilines is 2. The van der Waals surface area contributed by atoms with Gasteiger partial charge in [0.2, 0.25) is 0 Å². The minimum atomic E-state index is -0.176. The smallest absolute Gasteiger partial charge is 0.259 e. The van der Waals surface area contributed by atoms with E-state index in [1.54, 1.807) is 50.9 Å².